The van der Waals surface area contributed by atoms with Crippen LogP contribution >= 0.6 is 0 Å². The van der Waals surface area contributed by atoms with Crippen LogP contribution in [0.25, 0.3) is 17.2 Å². The van der Waals surface area contributed by atoms with E-state index < -0.39 is 0 Å². The predicted octanol–water partition coefficient (Wildman–Crippen LogP) is 5.74. The van der Waals surface area contributed by atoms with E-state index in [1.165, 1.54) is 12.8 Å². The fraction of sp³-hybridized carbons (Fsp3) is 0.200. The molecule has 1 N–H and O–H groups in total. The van der Waals surface area contributed by atoms with Gasteiger partial charge in [0.25, 0.3) is 5.91 Å². The number of benzene rings is 2. The number of carbonyl (C=O) groups is 1. The largest absolute Gasteiger partial charge is 0.493 e. The van der Waals surface area contributed by atoms with E-state index in [0.29, 0.717) is 24.0 Å². The van der Waals surface area contributed by atoms with Gasteiger partial charge in [0.15, 0.2) is 0 Å². The highest BCUT2D eigenvalue weighted by atomic mass is 16.5. The summed E-state index contributed by atoms with van der Waals surface area (Å²) >= 11 is 0. The van der Waals surface area contributed by atoms with E-state index in [9.17, 15) is 4.79 Å². The molecule has 4 heteroatoms. The number of hydrogen-bond donors (Lipinski definition) is 1. The zero-order valence-corrected chi connectivity index (χ0v) is 16.5. The Hall–Kier alpha value is -3.40. The summed E-state index contributed by atoms with van der Waals surface area (Å²) in [5, 5.41) is 3.00. The molecule has 3 aromatic rings. The Morgan fingerprint density at radius 2 is 2.00 bits per heavy atom. The lowest BCUT2D eigenvalue weighted by molar-refractivity contribution is 0.102. The van der Waals surface area contributed by atoms with Gasteiger partial charge in [-0.2, -0.15) is 0 Å². The van der Waals surface area contributed by atoms with Gasteiger partial charge in [0, 0.05) is 23.5 Å². The number of amides is 1. The van der Waals surface area contributed by atoms with Gasteiger partial charge < -0.3 is 10.1 Å². The average molecular weight is 384 g/mol. The maximum atomic E-state index is 12.9. The predicted molar refractivity (Wildman–Crippen MR) is 117 cm³/mol. The number of aromatic nitrogens is 1. The molecule has 4 rings (SSSR count). The number of ether oxygens (including phenoxy) is 1. The number of hydrogen-bond acceptors (Lipinski definition) is 3. The Labute approximate surface area is 171 Å². The summed E-state index contributed by atoms with van der Waals surface area (Å²) in [6.07, 6.45) is 5.75. The maximum absolute atomic E-state index is 12.9. The van der Waals surface area contributed by atoms with Crippen molar-refractivity contribution in [3.63, 3.8) is 0 Å². The van der Waals surface area contributed by atoms with Gasteiger partial charge in [-0.25, -0.2) is 0 Å². The molecule has 1 fully saturated rings. The minimum Gasteiger partial charge on any atom is -0.493 e. The Morgan fingerprint density at radius 1 is 1.21 bits per heavy atom. The molecule has 0 radical (unpaired) electrons. The maximum Gasteiger partial charge on any atom is 0.274 e. The van der Waals surface area contributed by atoms with Crippen molar-refractivity contribution in [2.24, 2.45) is 5.92 Å². The molecular weight excluding hydrogens is 360 g/mol. The second-order valence-electron chi connectivity index (χ2n) is 7.36. The Kier molecular flexibility index (Phi) is 5.43. The number of carbonyl (C=O) groups excluding carboxylic acids is 1. The van der Waals surface area contributed by atoms with Gasteiger partial charge >= 0.3 is 0 Å². The van der Waals surface area contributed by atoms with E-state index in [2.05, 4.69) is 35.1 Å². The summed E-state index contributed by atoms with van der Waals surface area (Å²) in [6.45, 7) is 6.49. The lowest BCUT2D eigenvalue weighted by atomic mass is 9.99. The van der Waals surface area contributed by atoms with Crippen molar-refractivity contribution >= 4 is 17.7 Å². The SMILES string of the molecule is C=Cc1cnc(C(=O)Nc2cccc(-c3ccccc3)c2C)cc1OCC1CC1. The van der Waals surface area contributed by atoms with Crippen molar-refractivity contribution in [2.75, 3.05) is 11.9 Å². The summed E-state index contributed by atoms with van der Waals surface area (Å²) in [6, 6.07) is 17.7. The van der Waals surface area contributed by atoms with Crippen molar-refractivity contribution in [1.29, 1.82) is 0 Å². The van der Waals surface area contributed by atoms with Gasteiger partial charge in [-0.1, -0.05) is 55.1 Å². The Bertz CT molecular complexity index is 1040. The van der Waals surface area contributed by atoms with Crippen LogP contribution in [0.4, 0.5) is 5.69 Å². The molecule has 1 aromatic heterocycles. The summed E-state index contributed by atoms with van der Waals surface area (Å²) in [7, 11) is 0. The zero-order chi connectivity index (χ0) is 20.2. The Morgan fingerprint density at radius 3 is 2.72 bits per heavy atom. The lowest BCUT2D eigenvalue weighted by Crippen LogP contribution is -2.15. The molecule has 0 unspecified atom stereocenters. The van der Waals surface area contributed by atoms with E-state index in [4.69, 9.17) is 4.74 Å². The fourth-order valence-electron chi connectivity index (χ4n) is 3.23. The van der Waals surface area contributed by atoms with Crippen LogP contribution in [0.2, 0.25) is 0 Å². The average Bonchev–Trinajstić information content (AvgIpc) is 3.58. The molecule has 2 aromatic carbocycles. The highest BCUT2D eigenvalue weighted by molar-refractivity contribution is 6.04. The third-order valence-corrected chi connectivity index (χ3v) is 5.19. The number of nitrogens with zero attached hydrogens (tertiary/aromatic N) is 1. The van der Waals surface area contributed by atoms with E-state index in [1.807, 2.05) is 37.3 Å². The van der Waals surface area contributed by atoms with Crippen LogP contribution in [0.3, 0.4) is 0 Å². The molecule has 1 aliphatic carbocycles. The lowest BCUT2D eigenvalue weighted by Gasteiger charge is -2.14. The molecule has 29 heavy (non-hydrogen) atoms. The minimum absolute atomic E-state index is 0.259. The van der Waals surface area contributed by atoms with Crippen molar-refractivity contribution < 1.29 is 9.53 Å². The molecule has 0 atom stereocenters. The molecule has 4 nitrogen and oxygen atoms in total. The van der Waals surface area contributed by atoms with E-state index in [0.717, 1.165) is 27.9 Å². The van der Waals surface area contributed by atoms with Crippen LogP contribution in [0, 0.1) is 12.8 Å². The van der Waals surface area contributed by atoms with Crippen LogP contribution < -0.4 is 10.1 Å². The molecule has 0 bridgehead atoms. The third-order valence-electron chi connectivity index (χ3n) is 5.19. The van der Waals surface area contributed by atoms with Crippen LogP contribution in [-0.2, 0) is 0 Å². The van der Waals surface area contributed by atoms with E-state index >= 15 is 0 Å². The zero-order valence-electron chi connectivity index (χ0n) is 16.5. The van der Waals surface area contributed by atoms with Crippen LogP contribution in [0.15, 0.2) is 67.4 Å². The first-order chi connectivity index (χ1) is 14.2. The quantitative estimate of drug-likeness (QED) is 0.565. The first-order valence-electron chi connectivity index (χ1n) is 9.87. The first-order valence-corrected chi connectivity index (χ1v) is 9.87. The highest BCUT2D eigenvalue weighted by Crippen LogP contribution is 2.31. The molecule has 146 valence electrons. The second kappa shape index (κ2) is 8.31. The second-order valence-corrected chi connectivity index (χ2v) is 7.36. The molecule has 1 saturated carbocycles. The summed E-state index contributed by atoms with van der Waals surface area (Å²) in [5.41, 5.74) is 5.11. The molecule has 1 aliphatic rings. The van der Waals surface area contributed by atoms with Crippen LogP contribution in [-0.4, -0.2) is 17.5 Å². The number of nitrogens with one attached hydrogen (secondary N) is 1. The van der Waals surface area contributed by atoms with Crippen molar-refractivity contribution in [2.45, 2.75) is 19.8 Å². The molecular formula is C25H24N2O2. The van der Waals surface area contributed by atoms with Gasteiger partial charge in [0.05, 0.1) is 6.61 Å². The van der Waals surface area contributed by atoms with Crippen molar-refractivity contribution in [3.05, 3.63) is 84.2 Å². The van der Waals surface area contributed by atoms with Gasteiger partial charge in [0.2, 0.25) is 0 Å². The van der Waals surface area contributed by atoms with Crippen molar-refractivity contribution in [1.82, 2.24) is 4.98 Å². The van der Waals surface area contributed by atoms with Gasteiger partial charge in [-0.05, 0) is 48.4 Å². The molecule has 0 spiro atoms. The molecule has 1 amide bonds. The van der Waals surface area contributed by atoms with Gasteiger partial charge in [0.1, 0.15) is 11.4 Å². The monoisotopic (exact) mass is 384 g/mol. The fourth-order valence-corrected chi connectivity index (χ4v) is 3.23. The Balaban J connectivity index is 1.56. The minimum atomic E-state index is -0.259. The summed E-state index contributed by atoms with van der Waals surface area (Å²) in [5.74, 6) is 1.02. The topological polar surface area (TPSA) is 51.2 Å². The standard InChI is InChI=1S/C25H24N2O2/c1-3-19-15-26-23(14-24(19)29-16-18-12-13-18)25(28)27-22-11-7-10-21(17(22)2)20-8-5-4-6-9-20/h3-11,14-15,18H,1,12-13,16H2,2H3,(H,27,28). The van der Waals surface area contributed by atoms with E-state index in [1.54, 1.807) is 18.3 Å². The summed E-state index contributed by atoms with van der Waals surface area (Å²) < 4.78 is 5.90. The van der Waals surface area contributed by atoms with Crippen LogP contribution in [0.1, 0.15) is 34.5 Å². The van der Waals surface area contributed by atoms with Gasteiger partial charge in [-0.15, -0.1) is 0 Å². The normalized spacial score (nSPS) is 13.0. The number of pyridine rings is 1. The van der Waals surface area contributed by atoms with Gasteiger partial charge in [-0.3, -0.25) is 9.78 Å². The summed E-state index contributed by atoms with van der Waals surface area (Å²) in [4.78, 5) is 17.2. The van der Waals surface area contributed by atoms with E-state index in [-0.39, 0.29) is 5.91 Å². The number of anilines is 1. The first kappa shape index (κ1) is 18.9. The highest BCUT2D eigenvalue weighted by Gasteiger charge is 2.22. The molecule has 0 saturated heterocycles. The number of rotatable bonds is 7. The van der Waals surface area contributed by atoms with Crippen LogP contribution in [0.5, 0.6) is 5.75 Å². The smallest absolute Gasteiger partial charge is 0.274 e. The molecule has 0 aliphatic heterocycles. The third kappa shape index (κ3) is 4.37. The van der Waals surface area contributed by atoms with Crippen molar-refractivity contribution in [3.8, 4) is 16.9 Å². The molecule has 1 heterocycles.